The van der Waals surface area contributed by atoms with Gasteiger partial charge in [-0.05, 0) is 24.6 Å². The molecule has 0 bridgehead atoms. The standard InChI is InChI=1S/C15H15NO2/c1-12-6-5-9-14(10-12)15(17)16-18-11-13-7-3-2-4-8-13/h2-10H,11H2,1H3,(H,16,17). The number of hydrogen-bond acceptors (Lipinski definition) is 2. The summed E-state index contributed by atoms with van der Waals surface area (Å²) >= 11 is 0. The first kappa shape index (κ1) is 12.3. The third kappa shape index (κ3) is 3.43. The minimum atomic E-state index is -0.227. The summed E-state index contributed by atoms with van der Waals surface area (Å²) in [6, 6.07) is 17.1. The maximum absolute atomic E-state index is 11.8. The van der Waals surface area contributed by atoms with E-state index in [1.54, 1.807) is 6.07 Å². The lowest BCUT2D eigenvalue weighted by Crippen LogP contribution is -2.23. The van der Waals surface area contributed by atoms with Crippen LogP contribution < -0.4 is 5.48 Å². The summed E-state index contributed by atoms with van der Waals surface area (Å²) in [5, 5.41) is 0. The van der Waals surface area contributed by atoms with Gasteiger partial charge in [0, 0.05) is 5.56 Å². The topological polar surface area (TPSA) is 38.3 Å². The fourth-order valence-corrected chi connectivity index (χ4v) is 1.60. The SMILES string of the molecule is Cc1cccc(C(=O)NOCc2ccccc2)c1. The summed E-state index contributed by atoms with van der Waals surface area (Å²) in [7, 11) is 0. The van der Waals surface area contributed by atoms with Crippen LogP contribution in [0.1, 0.15) is 21.5 Å². The number of benzene rings is 2. The number of rotatable bonds is 4. The Hall–Kier alpha value is -2.13. The Bertz CT molecular complexity index is 523. The predicted molar refractivity (Wildman–Crippen MR) is 69.9 cm³/mol. The second-order valence-electron chi connectivity index (χ2n) is 4.07. The van der Waals surface area contributed by atoms with E-state index in [1.807, 2.05) is 55.5 Å². The Kier molecular flexibility index (Phi) is 4.10. The van der Waals surface area contributed by atoms with Crippen LogP contribution in [0.4, 0.5) is 0 Å². The van der Waals surface area contributed by atoms with Gasteiger partial charge in [0.1, 0.15) is 0 Å². The molecule has 0 aromatic heterocycles. The highest BCUT2D eigenvalue weighted by atomic mass is 16.6. The highest BCUT2D eigenvalue weighted by Gasteiger charge is 2.04. The van der Waals surface area contributed by atoms with Crippen LogP contribution in [0.3, 0.4) is 0 Å². The third-order valence-electron chi connectivity index (χ3n) is 2.53. The van der Waals surface area contributed by atoms with Gasteiger partial charge in [-0.2, -0.15) is 0 Å². The molecule has 0 fully saturated rings. The number of hydrogen-bond donors (Lipinski definition) is 1. The van der Waals surface area contributed by atoms with E-state index in [0.717, 1.165) is 11.1 Å². The van der Waals surface area contributed by atoms with E-state index in [0.29, 0.717) is 12.2 Å². The van der Waals surface area contributed by atoms with Crippen LogP contribution in [0.5, 0.6) is 0 Å². The van der Waals surface area contributed by atoms with Crippen LogP contribution in [0.25, 0.3) is 0 Å². The van der Waals surface area contributed by atoms with Crippen molar-refractivity contribution in [3.63, 3.8) is 0 Å². The average Bonchev–Trinajstić information content (AvgIpc) is 2.40. The largest absolute Gasteiger partial charge is 0.274 e. The van der Waals surface area contributed by atoms with Crippen LogP contribution >= 0.6 is 0 Å². The lowest BCUT2D eigenvalue weighted by molar-refractivity contribution is 0.0233. The minimum Gasteiger partial charge on any atom is -0.269 e. The van der Waals surface area contributed by atoms with Gasteiger partial charge in [-0.1, -0.05) is 48.0 Å². The molecule has 3 nitrogen and oxygen atoms in total. The highest BCUT2D eigenvalue weighted by molar-refractivity contribution is 5.93. The summed E-state index contributed by atoms with van der Waals surface area (Å²) in [5.74, 6) is -0.227. The maximum Gasteiger partial charge on any atom is 0.274 e. The Morgan fingerprint density at radius 1 is 1.11 bits per heavy atom. The number of amides is 1. The molecule has 92 valence electrons. The van der Waals surface area contributed by atoms with Crippen LogP contribution in [-0.4, -0.2) is 5.91 Å². The molecule has 2 aromatic carbocycles. The molecular formula is C15H15NO2. The van der Waals surface area contributed by atoms with Crippen molar-refractivity contribution in [2.75, 3.05) is 0 Å². The molecule has 2 aromatic rings. The number of carbonyl (C=O) groups is 1. The first-order valence-corrected chi connectivity index (χ1v) is 5.78. The first-order valence-electron chi connectivity index (χ1n) is 5.78. The summed E-state index contributed by atoms with van der Waals surface area (Å²) in [6.45, 7) is 2.31. The molecule has 2 rings (SSSR count). The predicted octanol–water partition coefficient (Wildman–Crippen LogP) is 2.86. The minimum absolute atomic E-state index is 0.227. The fraction of sp³-hybridized carbons (Fsp3) is 0.133. The van der Waals surface area contributed by atoms with Crippen molar-refractivity contribution in [2.45, 2.75) is 13.5 Å². The van der Waals surface area contributed by atoms with E-state index in [9.17, 15) is 4.79 Å². The molecule has 3 heteroatoms. The van der Waals surface area contributed by atoms with E-state index >= 15 is 0 Å². The molecule has 0 saturated carbocycles. The first-order chi connectivity index (χ1) is 8.75. The van der Waals surface area contributed by atoms with E-state index in [4.69, 9.17) is 4.84 Å². The Labute approximate surface area is 106 Å². The monoisotopic (exact) mass is 241 g/mol. The molecule has 0 saturated heterocycles. The number of hydroxylamine groups is 1. The second-order valence-corrected chi connectivity index (χ2v) is 4.07. The molecule has 1 amide bonds. The van der Waals surface area contributed by atoms with Gasteiger partial charge in [0.05, 0.1) is 6.61 Å². The summed E-state index contributed by atoms with van der Waals surface area (Å²) < 4.78 is 0. The van der Waals surface area contributed by atoms with Crippen molar-refractivity contribution in [1.82, 2.24) is 5.48 Å². The van der Waals surface area contributed by atoms with E-state index in [-0.39, 0.29) is 5.91 Å². The smallest absolute Gasteiger partial charge is 0.269 e. The number of carbonyl (C=O) groups excluding carboxylic acids is 1. The van der Waals surface area contributed by atoms with Gasteiger partial charge < -0.3 is 0 Å². The van der Waals surface area contributed by atoms with Gasteiger partial charge in [-0.25, -0.2) is 5.48 Å². The van der Waals surface area contributed by atoms with Crippen molar-refractivity contribution in [3.8, 4) is 0 Å². The Morgan fingerprint density at radius 2 is 1.89 bits per heavy atom. The Morgan fingerprint density at radius 3 is 2.61 bits per heavy atom. The zero-order valence-corrected chi connectivity index (χ0v) is 10.2. The normalized spacial score (nSPS) is 10.1. The highest BCUT2D eigenvalue weighted by Crippen LogP contribution is 2.04. The number of aryl methyl sites for hydroxylation is 1. The fourth-order valence-electron chi connectivity index (χ4n) is 1.60. The van der Waals surface area contributed by atoms with Gasteiger partial charge >= 0.3 is 0 Å². The van der Waals surface area contributed by atoms with Crippen molar-refractivity contribution in [2.24, 2.45) is 0 Å². The van der Waals surface area contributed by atoms with Gasteiger partial charge in [0.15, 0.2) is 0 Å². The summed E-state index contributed by atoms with van der Waals surface area (Å²) in [6.07, 6.45) is 0. The summed E-state index contributed by atoms with van der Waals surface area (Å²) in [4.78, 5) is 16.9. The molecule has 0 heterocycles. The molecular weight excluding hydrogens is 226 g/mol. The summed E-state index contributed by atoms with van der Waals surface area (Å²) in [5.41, 5.74) is 5.10. The van der Waals surface area contributed by atoms with E-state index < -0.39 is 0 Å². The zero-order valence-electron chi connectivity index (χ0n) is 10.2. The number of nitrogens with one attached hydrogen (secondary N) is 1. The van der Waals surface area contributed by atoms with Gasteiger partial charge in [-0.3, -0.25) is 9.63 Å². The molecule has 0 atom stereocenters. The molecule has 0 aliphatic rings. The molecule has 1 N–H and O–H groups in total. The molecule has 0 unspecified atom stereocenters. The average molecular weight is 241 g/mol. The maximum atomic E-state index is 11.8. The second kappa shape index (κ2) is 5.98. The van der Waals surface area contributed by atoms with Gasteiger partial charge in [0.2, 0.25) is 0 Å². The van der Waals surface area contributed by atoms with Crippen molar-refractivity contribution < 1.29 is 9.63 Å². The molecule has 0 spiro atoms. The van der Waals surface area contributed by atoms with Gasteiger partial charge in [0.25, 0.3) is 5.91 Å². The Balaban J connectivity index is 1.86. The van der Waals surface area contributed by atoms with Gasteiger partial charge in [-0.15, -0.1) is 0 Å². The molecule has 18 heavy (non-hydrogen) atoms. The van der Waals surface area contributed by atoms with E-state index in [2.05, 4.69) is 5.48 Å². The lowest BCUT2D eigenvalue weighted by atomic mass is 10.1. The van der Waals surface area contributed by atoms with Crippen molar-refractivity contribution in [1.29, 1.82) is 0 Å². The molecule has 0 aliphatic carbocycles. The zero-order chi connectivity index (χ0) is 12.8. The third-order valence-corrected chi connectivity index (χ3v) is 2.53. The van der Waals surface area contributed by atoms with Crippen LogP contribution in [0.15, 0.2) is 54.6 Å². The van der Waals surface area contributed by atoms with Crippen molar-refractivity contribution >= 4 is 5.91 Å². The molecule has 0 radical (unpaired) electrons. The van der Waals surface area contributed by atoms with Crippen LogP contribution in [-0.2, 0) is 11.4 Å². The van der Waals surface area contributed by atoms with Crippen molar-refractivity contribution in [3.05, 3.63) is 71.3 Å². The van der Waals surface area contributed by atoms with Crippen LogP contribution in [0, 0.1) is 6.92 Å². The molecule has 0 aliphatic heterocycles. The van der Waals surface area contributed by atoms with E-state index in [1.165, 1.54) is 0 Å². The van der Waals surface area contributed by atoms with Crippen LogP contribution in [0.2, 0.25) is 0 Å². The lowest BCUT2D eigenvalue weighted by Gasteiger charge is -2.06. The quantitative estimate of drug-likeness (QED) is 0.836.